The summed E-state index contributed by atoms with van der Waals surface area (Å²) < 4.78 is 18.9. The third-order valence-electron chi connectivity index (χ3n) is 4.34. The lowest BCUT2D eigenvalue weighted by atomic mass is 10.1. The normalized spacial score (nSPS) is 10.9. The van der Waals surface area contributed by atoms with E-state index < -0.39 is 0 Å². The molecule has 0 spiro atoms. The van der Waals surface area contributed by atoms with Gasteiger partial charge >= 0.3 is 0 Å². The number of benzene rings is 1. The molecule has 0 atom stereocenters. The number of hydrogen-bond donors (Lipinski definition) is 0. The number of methoxy groups -OCH3 is 2. The van der Waals surface area contributed by atoms with E-state index >= 15 is 0 Å². The Morgan fingerprint density at radius 3 is 2.64 bits per heavy atom. The average Bonchev–Trinajstić information content (AvgIpc) is 3.21. The zero-order valence-electron chi connectivity index (χ0n) is 15.3. The zero-order chi connectivity index (χ0) is 18.0. The lowest BCUT2D eigenvalue weighted by molar-refractivity contribution is 0.388. The maximum atomic E-state index is 5.93. The largest absolute Gasteiger partial charge is 0.496 e. The molecule has 0 aliphatic rings. The van der Waals surface area contributed by atoms with Gasteiger partial charge < -0.3 is 18.5 Å². The van der Waals surface area contributed by atoms with E-state index in [1.54, 1.807) is 14.2 Å². The standard InChI is InChI=1S/C19H23N3O3/c1-6-17-20-9-10-22(17)11-15-13(3)25-19(21-15)14-7-8-16(23-4)12(2)18(14)24-5/h7-10H,6,11H2,1-5H3. The number of rotatable bonds is 6. The number of aromatic nitrogens is 3. The van der Waals surface area contributed by atoms with Crippen molar-refractivity contribution in [2.75, 3.05) is 14.2 Å². The highest BCUT2D eigenvalue weighted by atomic mass is 16.5. The molecule has 0 unspecified atom stereocenters. The van der Waals surface area contributed by atoms with Gasteiger partial charge in [-0.25, -0.2) is 9.97 Å². The smallest absolute Gasteiger partial charge is 0.230 e. The fourth-order valence-electron chi connectivity index (χ4n) is 2.98. The van der Waals surface area contributed by atoms with Crippen molar-refractivity contribution in [2.45, 2.75) is 33.7 Å². The van der Waals surface area contributed by atoms with E-state index in [0.29, 0.717) is 18.2 Å². The molecule has 0 amide bonds. The van der Waals surface area contributed by atoms with Crippen LogP contribution < -0.4 is 9.47 Å². The summed E-state index contributed by atoms with van der Waals surface area (Å²) in [6.07, 6.45) is 4.65. The zero-order valence-corrected chi connectivity index (χ0v) is 15.3. The fraction of sp³-hybridized carbons (Fsp3) is 0.368. The molecule has 2 aromatic heterocycles. The molecule has 3 rings (SSSR count). The fourth-order valence-corrected chi connectivity index (χ4v) is 2.98. The first-order chi connectivity index (χ1) is 12.1. The maximum absolute atomic E-state index is 5.93. The third-order valence-corrected chi connectivity index (χ3v) is 4.34. The molecule has 0 aliphatic carbocycles. The van der Waals surface area contributed by atoms with Crippen molar-refractivity contribution in [3.05, 3.63) is 47.4 Å². The number of nitrogens with zero attached hydrogens (tertiary/aromatic N) is 3. The summed E-state index contributed by atoms with van der Waals surface area (Å²) in [6.45, 7) is 6.61. The second-order valence-electron chi connectivity index (χ2n) is 5.82. The molecule has 0 fully saturated rings. The first-order valence-electron chi connectivity index (χ1n) is 8.27. The van der Waals surface area contributed by atoms with Crippen LogP contribution in [0.25, 0.3) is 11.5 Å². The molecule has 6 heteroatoms. The highest BCUT2D eigenvalue weighted by Gasteiger charge is 2.19. The number of ether oxygens (including phenoxy) is 2. The number of hydrogen-bond acceptors (Lipinski definition) is 5. The van der Waals surface area contributed by atoms with E-state index in [0.717, 1.165) is 40.6 Å². The van der Waals surface area contributed by atoms with Crippen LogP contribution >= 0.6 is 0 Å². The number of imidazole rings is 1. The van der Waals surface area contributed by atoms with Crippen LogP contribution in [0.4, 0.5) is 0 Å². The third kappa shape index (κ3) is 3.12. The summed E-state index contributed by atoms with van der Waals surface area (Å²) in [5.41, 5.74) is 2.62. The van der Waals surface area contributed by atoms with Crippen LogP contribution in [-0.2, 0) is 13.0 Å². The molecule has 0 N–H and O–H groups in total. The molecule has 0 aliphatic heterocycles. The van der Waals surface area contributed by atoms with Crippen molar-refractivity contribution in [3.8, 4) is 23.0 Å². The summed E-state index contributed by atoms with van der Waals surface area (Å²) >= 11 is 0. The van der Waals surface area contributed by atoms with E-state index in [9.17, 15) is 0 Å². The summed E-state index contributed by atoms with van der Waals surface area (Å²) in [5.74, 6) is 3.86. The maximum Gasteiger partial charge on any atom is 0.230 e. The molecule has 1 aromatic carbocycles. The van der Waals surface area contributed by atoms with Gasteiger partial charge in [-0.2, -0.15) is 0 Å². The second kappa shape index (κ2) is 7.01. The molecule has 132 valence electrons. The topological polar surface area (TPSA) is 62.3 Å². The van der Waals surface area contributed by atoms with Crippen molar-refractivity contribution < 1.29 is 13.9 Å². The molecular weight excluding hydrogens is 318 g/mol. The van der Waals surface area contributed by atoms with Crippen LogP contribution in [0.15, 0.2) is 28.9 Å². The van der Waals surface area contributed by atoms with Crippen LogP contribution in [-0.4, -0.2) is 28.8 Å². The number of aryl methyl sites for hydroxylation is 2. The van der Waals surface area contributed by atoms with Gasteiger partial charge in [-0.1, -0.05) is 6.92 Å². The van der Waals surface area contributed by atoms with E-state index in [1.807, 2.05) is 38.4 Å². The van der Waals surface area contributed by atoms with Gasteiger partial charge in [-0.3, -0.25) is 0 Å². The average molecular weight is 341 g/mol. The highest BCUT2D eigenvalue weighted by Crippen LogP contribution is 2.37. The van der Waals surface area contributed by atoms with E-state index in [-0.39, 0.29) is 0 Å². The summed E-state index contributed by atoms with van der Waals surface area (Å²) in [4.78, 5) is 9.05. The molecule has 0 saturated carbocycles. The van der Waals surface area contributed by atoms with Crippen molar-refractivity contribution in [1.29, 1.82) is 0 Å². The van der Waals surface area contributed by atoms with E-state index in [2.05, 4.69) is 16.5 Å². The Labute approximate surface area is 147 Å². The molecule has 25 heavy (non-hydrogen) atoms. The van der Waals surface area contributed by atoms with Crippen molar-refractivity contribution in [3.63, 3.8) is 0 Å². The van der Waals surface area contributed by atoms with Crippen molar-refractivity contribution in [2.24, 2.45) is 0 Å². The predicted octanol–water partition coefficient (Wildman–Crippen LogP) is 3.78. The van der Waals surface area contributed by atoms with Gasteiger partial charge in [0.15, 0.2) is 0 Å². The monoisotopic (exact) mass is 341 g/mol. The van der Waals surface area contributed by atoms with Gasteiger partial charge in [0.2, 0.25) is 5.89 Å². The summed E-state index contributed by atoms with van der Waals surface area (Å²) in [5, 5.41) is 0. The first-order valence-corrected chi connectivity index (χ1v) is 8.27. The van der Waals surface area contributed by atoms with Gasteiger partial charge in [0.05, 0.1) is 26.3 Å². The van der Waals surface area contributed by atoms with Crippen molar-refractivity contribution in [1.82, 2.24) is 14.5 Å². The quantitative estimate of drug-likeness (QED) is 0.683. The Kier molecular flexibility index (Phi) is 4.79. The Hall–Kier alpha value is -2.76. The minimum absolute atomic E-state index is 0.549. The SMILES string of the molecule is CCc1nccn1Cc1nc(-c2ccc(OC)c(C)c2OC)oc1C. The van der Waals surface area contributed by atoms with E-state index in [1.165, 1.54) is 0 Å². The molecule has 0 saturated heterocycles. The lowest BCUT2D eigenvalue weighted by Crippen LogP contribution is -2.04. The van der Waals surface area contributed by atoms with Crippen molar-refractivity contribution >= 4 is 0 Å². The van der Waals surface area contributed by atoms with E-state index in [4.69, 9.17) is 18.9 Å². The predicted molar refractivity (Wildman–Crippen MR) is 95.2 cm³/mol. The molecule has 2 heterocycles. The number of oxazole rings is 1. The van der Waals surface area contributed by atoms with Gasteiger partial charge in [0.1, 0.15) is 28.8 Å². The molecule has 0 radical (unpaired) electrons. The Morgan fingerprint density at radius 1 is 1.16 bits per heavy atom. The van der Waals surface area contributed by atoms with Crippen LogP contribution in [0.1, 0.15) is 29.8 Å². The minimum Gasteiger partial charge on any atom is -0.496 e. The van der Waals surface area contributed by atoms with Crippen LogP contribution in [0.5, 0.6) is 11.5 Å². The van der Waals surface area contributed by atoms with Crippen LogP contribution in [0.2, 0.25) is 0 Å². The lowest BCUT2D eigenvalue weighted by Gasteiger charge is -2.12. The van der Waals surface area contributed by atoms with Gasteiger partial charge in [-0.15, -0.1) is 0 Å². The van der Waals surface area contributed by atoms with Gasteiger partial charge in [-0.05, 0) is 26.0 Å². The minimum atomic E-state index is 0.549. The summed E-state index contributed by atoms with van der Waals surface area (Å²) in [6, 6.07) is 3.81. The Morgan fingerprint density at radius 2 is 1.96 bits per heavy atom. The molecular formula is C19H23N3O3. The van der Waals surface area contributed by atoms with Gasteiger partial charge in [0, 0.05) is 24.4 Å². The Balaban J connectivity index is 1.99. The highest BCUT2D eigenvalue weighted by molar-refractivity contribution is 5.68. The second-order valence-corrected chi connectivity index (χ2v) is 5.82. The Bertz CT molecular complexity index is 880. The summed E-state index contributed by atoms with van der Waals surface area (Å²) in [7, 11) is 3.28. The molecule has 3 aromatic rings. The molecule has 0 bridgehead atoms. The van der Waals surface area contributed by atoms with Crippen LogP contribution in [0.3, 0.4) is 0 Å². The van der Waals surface area contributed by atoms with Crippen LogP contribution in [0, 0.1) is 13.8 Å². The molecule has 6 nitrogen and oxygen atoms in total. The van der Waals surface area contributed by atoms with Gasteiger partial charge in [0.25, 0.3) is 0 Å². The first kappa shape index (κ1) is 17.1.